The average molecular weight is 212 g/mol. The molecule has 0 fully saturated rings. The quantitative estimate of drug-likeness (QED) is 0.599. The van der Waals surface area contributed by atoms with Gasteiger partial charge in [0.05, 0.1) is 11.2 Å². The maximum atomic E-state index is 12.5. The minimum Gasteiger partial charge on any atom is -0.268 e. The number of amides is 1. The van der Waals surface area contributed by atoms with E-state index in [1.807, 2.05) is 0 Å². The second-order valence-corrected chi connectivity index (χ2v) is 4.02. The van der Waals surface area contributed by atoms with E-state index in [9.17, 15) is 9.18 Å². The summed E-state index contributed by atoms with van der Waals surface area (Å²) < 4.78 is 12.5. The second kappa shape index (κ2) is 4.35. The van der Waals surface area contributed by atoms with Crippen LogP contribution in [0.2, 0.25) is 0 Å². The van der Waals surface area contributed by atoms with E-state index in [2.05, 4.69) is 10.5 Å². The lowest BCUT2D eigenvalue weighted by molar-refractivity contribution is -0.0589. The number of halogens is 1. The fraction of sp³-hybridized carbons (Fsp3) is 0.400. The number of pyridine rings is 1. The summed E-state index contributed by atoms with van der Waals surface area (Å²) in [7, 11) is 0. The minimum atomic E-state index is -0.622. The zero-order valence-corrected chi connectivity index (χ0v) is 8.87. The number of nitrogens with zero attached hydrogens (tertiary/aromatic N) is 1. The molecule has 0 aliphatic heterocycles. The third kappa shape index (κ3) is 4.03. The van der Waals surface area contributed by atoms with Crippen LogP contribution in [0.3, 0.4) is 0 Å². The lowest BCUT2D eigenvalue weighted by Gasteiger charge is -2.18. The van der Waals surface area contributed by atoms with Gasteiger partial charge in [-0.15, -0.1) is 0 Å². The molecule has 1 amide bonds. The van der Waals surface area contributed by atoms with Gasteiger partial charge in [0.2, 0.25) is 5.95 Å². The highest BCUT2D eigenvalue weighted by Crippen LogP contribution is 2.05. The van der Waals surface area contributed by atoms with E-state index in [1.54, 1.807) is 20.8 Å². The van der Waals surface area contributed by atoms with Gasteiger partial charge in [-0.05, 0) is 32.9 Å². The van der Waals surface area contributed by atoms with Gasteiger partial charge in [0.15, 0.2) is 0 Å². The number of carbonyl (C=O) groups excluding carboxylic acids is 1. The number of hydrogen-bond donors (Lipinski definition) is 1. The maximum Gasteiger partial charge on any atom is 0.276 e. The van der Waals surface area contributed by atoms with Crippen LogP contribution in [0.4, 0.5) is 4.39 Å². The Balaban J connectivity index is 2.58. The molecular formula is C10H13FN2O2. The van der Waals surface area contributed by atoms with Crippen LogP contribution in [0.1, 0.15) is 31.1 Å². The Hall–Kier alpha value is -1.49. The van der Waals surface area contributed by atoms with E-state index in [4.69, 9.17) is 4.84 Å². The molecule has 82 valence electrons. The number of hydroxylamine groups is 1. The van der Waals surface area contributed by atoms with Gasteiger partial charge in [0, 0.05) is 6.20 Å². The van der Waals surface area contributed by atoms with Crippen molar-refractivity contribution in [1.82, 2.24) is 10.5 Å². The first-order valence-electron chi connectivity index (χ1n) is 4.48. The molecule has 0 radical (unpaired) electrons. The van der Waals surface area contributed by atoms with Crippen molar-refractivity contribution in [2.45, 2.75) is 26.4 Å². The lowest BCUT2D eigenvalue weighted by Crippen LogP contribution is -2.33. The summed E-state index contributed by atoms with van der Waals surface area (Å²) in [6.45, 7) is 5.41. The molecular weight excluding hydrogens is 199 g/mol. The molecule has 0 atom stereocenters. The molecule has 1 rings (SSSR count). The van der Waals surface area contributed by atoms with Gasteiger partial charge in [0.1, 0.15) is 0 Å². The van der Waals surface area contributed by atoms with Crippen LogP contribution in [-0.4, -0.2) is 16.5 Å². The fourth-order valence-electron chi connectivity index (χ4n) is 0.769. The molecule has 1 heterocycles. The number of nitrogens with one attached hydrogen (secondary N) is 1. The zero-order chi connectivity index (χ0) is 11.5. The predicted octanol–water partition coefficient (Wildman–Crippen LogP) is 1.68. The van der Waals surface area contributed by atoms with E-state index in [-0.39, 0.29) is 5.56 Å². The van der Waals surface area contributed by atoms with E-state index in [0.29, 0.717) is 0 Å². The summed E-state index contributed by atoms with van der Waals surface area (Å²) in [5, 5.41) is 0. The molecule has 1 aromatic heterocycles. The summed E-state index contributed by atoms with van der Waals surface area (Å²) in [6.07, 6.45) is 1.15. The summed E-state index contributed by atoms with van der Waals surface area (Å²) in [5.74, 6) is -1.07. The molecule has 0 aliphatic rings. The number of carbonyl (C=O) groups is 1. The van der Waals surface area contributed by atoms with Crippen LogP contribution >= 0.6 is 0 Å². The minimum absolute atomic E-state index is 0.251. The zero-order valence-electron chi connectivity index (χ0n) is 8.87. The monoisotopic (exact) mass is 212 g/mol. The number of hydrogen-bond acceptors (Lipinski definition) is 3. The molecule has 0 saturated carbocycles. The smallest absolute Gasteiger partial charge is 0.268 e. The summed E-state index contributed by atoms with van der Waals surface area (Å²) >= 11 is 0. The van der Waals surface area contributed by atoms with E-state index in [0.717, 1.165) is 12.3 Å². The van der Waals surface area contributed by atoms with Crippen molar-refractivity contribution in [3.63, 3.8) is 0 Å². The molecule has 5 heteroatoms. The normalized spacial score (nSPS) is 11.2. The van der Waals surface area contributed by atoms with Crippen molar-refractivity contribution in [3.8, 4) is 0 Å². The molecule has 0 saturated heterocycles. The van der Waals surface area contributed by atoms with Gasteiger partial charge >= 0.3 is 0 Å². The third-order valence-electron chi connectivity index (χ3n) is 1.44. The highest BCUT2D eigenvalue weighted by atomic mass is 19.1. The van der Waals surface area contributed by atoms with Crippen molar-refractivity contribution < 1.29 is 14.0 Å². The van der Waals surface area contributed by atoms with Gasteiger partial charge in [-0.3, -0.25) is 9.63 Å². The highest BCUT2D eigenvalue weighted by molar-refractivity contribution is 5.93. The van der Waals surface area contributed by atoms with Crippen molar-refractivity contribution in [1.29, 1.82) is 0 Å². The molecule has 1 aromatic rings. The van der Waals surface area contributed by atoms with E-state index >= 15 is 0 Å². The predicted molar refractivity (Wildman–Crippen MR) is 52.5 cm³/mol. The van der Waals surface area contributed by atoms with Gasteiger partial charge in [-0.1, -0.05) is 0 Å². The number of aromatic nitrogens is 1. The Labute approximate surface area is 87.4 Å². The summed E-state index contributed by atoms with van der Waals surface area (Å²) in [4.78, 5) is 19.8. The first-order chi connectivity index (χ1) is 6.88. The van der Waals surface area contributed by atoms with Crippen LogP contribution < -0.4 is 5.48 Å². The van der Waals surface area contributed by atoms with E-state index in [1.165, 1.54) is 6.07 Å². The van der Waals surface area contributed by atoms with Crippen molar-refractivity contribution >= 4 is 5.91 Å². The first kappa shape index (κ1) is 11.6. The molecule has 0 unspecified atom stereocenters. The lowest BCUT2D eigenvalue weighted by atomic mass is 10.2. The van der Waals surface area contributed by atoms with Crippen molar-refractivity contribution in [3.05, 3.63) is 29.8 Å². The number of rotatable bonds is 2. The van der Waals surface area contributed by atoms with Crippen LogP contribution in [0.25, 0.3) is 0 Å². The molecule has 15 heavy (non-hydrogen) atoms. The Morgan fingerprint density at radius 3 is 2.60 bits per heavy atom. The molecule has 0 bridgehead atoms. The molecule has 4 nitrogen and oxygen atoms in total. The highest BCUT2D eigenvalue weighted by Gasteiger charge is 2.13. The van der Waals surface area contributed by atoms with Gasteiger partial charge in [-0.25, -0.2) is 10.5 Å². The van der Waals surface area contributed by atoms with Crippen molar-refractivity contribution in [2.75, 3.05) is 0 Å². The summed E-state index contributed by atoms with van der Waals surface area (Å²) in [6, 6.07) is 2.45. The Bertz CT molecular complexity index is 343. The second-order valence-electron chi connectivity index (χ2n) is 4.02. The first-order valence-corrected chi connectivity index (χ1v) is 4.48. The van der Waals surface area contributed by atoms with E-state index < -0.39 is 17.5 Å². The standard InChI is InChI=1S/C10H13FN2O2/c1-10(2,3)15-13-9(14)7-4-5-8(11)12-6-7/h4-6H,1-3H3,(H,13,14). The van der Waals surface area contributed by atoms with Crippen LogP contribution in [0.15, 0.2) is 18.3 Å². The maximum absolute atomic E-state index is 12.5. The van der Waals surface area contributed by atoms with Crippen LogP contribution in [0, 0.1) is 5.95 Å². The van der Waals surface area contributed by atoms with Crippen LogP contribution in [0.5, 0.6) is 0 Å². The summed E-state index contributed by atoms with van der Waals surface area (Å²) in [5.41, 5.74) is 2.04. The van der Waals surface area contributed by atoms with Crippen LogP contribution in [-0.2, 0) is 4.84 Å². The Morgan fingerprint density at radius 2 is 2.13 bits per heavy atom. The fourth-order valence-corrected chi connectivity index (χ4v) is 0.769. The molecule has 0 spiro atoms. The average Bonchev–Trinajstić information content (AvgIpc) is 2.14. The molecule has 1 N–H and O–H groups in total. The third-order valence-corrected chi connectivity index (χ3v) is 1.44. The molecule has 0 aliphatic carbocycles. The van der Waals surface area contributed by atoms with Crippen molar-refractivity contribution in [2.24, 2.45) is 0 Å². The SMILES string of the molecule is CC(C)(C)ONC(=O)c1ccc(F)nc1. The van der Waals surface area contributed by atoms with Gasteiger partial charge in [0.25, 0.3) is 5.91 Å². The largest absolute Gasteiger partial charge is 0.276 e. The Kier molecular flexibility index (Phi) is 3.36. The van der Waals surface area contributed by atoms with Gasteiger partial charge in [-0.2, -0.15) is 4.39 Å². The topological polar surface area (TPSA) is 51.2 Å². The molecule has 0 aromatic carbocycles. The Morgan fingerprint density at radius 1 is 1.47 bits per heavy atom. The van der Waals surface area contributed by atoms with Gasteiger partial charge < -0.3 is 0 Å².